The van der Waals surface area contributed by atoms with Crippen LogP contribution in [0.15, 0.2) is 83.3 Å². The average Bonchev–Trinajstić information content (AvgIpc) is 3.23. The number of aromatic nitrogens is 1. The van der Waals surface area contributed by atoms with Crippen molar-refractivity contribution in [1.29, 1.82) is 0 Å². The number of rotatable bonds is 9. The summed E-state index contributed by atoms with van der Waals surface area (Å²) in [5.74, 6) is -0.202. The molecular formula is C28H27BrN2O3. The van der Waals surface area contributed by atoms with E-state index in [-0.39, 0.29) is 5.56 Å². The van der Waals surface area contributed by atoms with Crippen LogP contribution in [0.25, 0.3) is 16.9 Å². The van der Waals surface area contributed by atoms with E-state index in [1.54, 1.807) is 12.1 Å². The topological polar surface area (TPSA) is 63.5 Å². The van der Waals surface area contributed by atoms with Crippen LogP contribution in [0.5, 0.6) is 5.75 Å². The van der Waals surface area contributed by atoms with E-state index in [1.807, 2.05) is 73.7 Å². The van der Waals surface area contributed by atoms with Crippen LogP contribution in [-0.2, 0) is 6.61 Å². The zero-order valence-corrected chi connectivity index (χ0v) is 20.8. The summed E-state index contributed by atoms with van der Waals surface area (Å²) in [7, 11) is 0. The Bertz CT molecular complexity index is 1300. The molecule has 2 N–H and O–H groups in total. The first kappa shape index (κ1) is 23.6. The maximum atomic E-state index is 11.8. The predicted molar refractivity (Wildman–Crippen MR) is 140 cm³/mol. The van der Waals surface area contributed by atoms with E-state index < -0.39 is 5.97 Å². The van der Waals surface area contributed by atoms with E-state index in [0.717, 1.165) is 57.1 Å². The maximum absolute atomic E-state index is 11.8. The molecule has 0 atom stereocenters. The van der Waals surface area contributed by atoms with E-state index in [9.17, 15) is 9.90 Å². The molecule has 4 rings (SSSR count). The third kappa shape index (κ3) is 5.34. The zero-order chi connectivity index (χ0) is 24.1. The lowest BCUT2D eigenvalue weighted by atomic mass is 10.1. The van der Waals surface area contributed by atoms with E-state index in [4.69, 9.17) is 4.74 Å². The maximum Gasteiger partial charge on any atom is 0.335 e. The largest absolute Gasteiger partial charge is 0.488 e. The van der Waals surface area contributed by atoms with Crippen LogP contribution < -0.4 is 10.1 Å². The van der Waals surface area contributed by atoms with Gasteiger partial charge in [0, 0.05) is 33.6 Å². The smallest absolute Gasteiger partial charge is 0.335 e. The summed E-state index contributed by atoms with van der Waals surface area (Å²) >= 11 is 3.60. The number of aromatic carboxylic acids is 1. The van der Waals surface area contributed by atoms with Gasteiger partial charge in [0.25, 0.3) is 0 Å². The molecule has 1 heterocycles. The molecule has 1 aromatic heterocycles. The number of ether oxygens (including phenoxy) is 1. The van der Waals surface area contributed by atoms with Crippen LogP contribution in [0, 0.1) is 6.92 Å². The molecule has 0 fully saturated rings. The molecule has 5 nitrogen and oxygen atoms in total. The van der Waals surface area contributed by atoms with Gasteiger partial charge in [-0.25, -0.2) is 4.79 Å². The van der Waals surface area contributed by atoms with Crippen molar-refractivity contribution in [3.8, 4) is 22.7 Å². The van der Waals surface area contributed by atoms with Gasteiger partial charge in [-0.3, -0.25) is 0 Å². The van der Waals surface area contributed by atoms with Crippen molar-refractivity contribution >= 4 is 27.6 Å². The van der Waals surface area contributed by atoms with Crippen LogP contribution in [0.3, 0.4) is 0 Å². The number of carboxylic acid groups (broad SMARTS) is 1. The number of nitrogens with zero attached hydrogens (tertiary/aromatic N) is 1. The van der Waals surface area contributed by atoms with Crippen molar-refractivity contribution in [2.75, 3.05) is 11.9 Å². The van der Waals surface area contributed by atoms with Gasteiger partial charge in [0.2, 0.25) is 0 Å². The number of aryl methyl sites for hydroxylation is 1. The standard InChI is InChI=1S/C28H27BrN2O3/c1-3-13-30-23-14-21(28(32)33)15-24(17-23)31-19(2)9-11-26(31)25-16-22(29)10-12-27(25)34-18-20-7-5-4-6-8-20/h4-12,14-17,30H,3,13,18H2,1-2H3,(H,32,33). The number of carboxylic acids is 1. The second kappa shape index (κ2) is 10.6. The van der Waals surface area contributed by atoms with Gasteiger partial charge in [-0.15, -0.1) is 0 Å². The molecule has 0 radical (unpaired) electrons. The molecule has 0 saturated carbocycles. The molecule has 0 aliphatic rings. The first-order valence-corrected chi connectivity index (χ1v) is 12.0. The summed E-state index contributed by atoms with van der Waals surface area (Å²) in [6.45, 7) is 5.31. The van der Waals surface area contributed by atoms with Crippen LogP contribution in [0.4, 0.5) is 5.69 Å². The van der Waals surface area contributed by atoms with E-state index >= 15 is 0 Å². The lowest BCUT2D eigenvalue weighted by Crippen LogP contribution is -2.07. The van der Waals surface area contributed by atoms with E-state index in [0.29, 0.717) is 6.61 Å². The Kier molecular flexibility index (Phi) is 7.38. The molecule has 0 unspecified atom stereocenters. The number of nitrogens with one attached hydrogen (secondary N) is 1. The minimum atomic E-state index is -0.956. The molecule has 34 heavy (non-hydrogen) atoms. The fourth-order valence-electron chi connectivity index (χ4n) is 3.89. The quantitative estimate of drug-likeness (QED) is 0.243. The third-order valence-electron chi connectivity index (χ3n) is 5.53. The summed E-state index contributed by atoms with van der Waals surface area (Å²) in [4.78, 5) is 11.8. The highest BCUT2D eigenvalue weighted by molar-refractivity contribution is 9.10. The van der Waals surface area contributed by atoms with Crippen LogP contribution >= 0.6 is 15.9 Å². The first-order chi connectivity index (χ1) is 16.5. The van der Waals surface area contributed by atoms with Gasteiger partial charge < -0.3 is 19.7 Å². The van der Waals surface area contributed by atoms with Gasteiger partial charge in [-0.05, 0) is 67.4 Å². The SMILES string of the molecule is CCCNc1cc(C(=O)O)cc(-n2c(C)ccc2-c2cc(Br)ccc2OCc2ccccc2)c1. The minimum absolute atomic E-state index is 0.241. The molecule has 3 aromatic carbocycles. The fraction of sp³-hybridized carbons (Fsp3) is 0.179. The molecular weight excluding hydrogens is 492 g/mol. The summed E-state index contributed by atoms with van der Waals surface area (Å²) in [6, 6.07) is 25.4. The Balaban J connectivity index is 1.79. The highest BCUT2D eigenvalue weighted by Gasteiger charge is 2.17. The van der Waals surface area contributed by atoms with Gasteiger partial charge in [0.15, 0.2) is 0 Å². The minimum Gasteiger partial charge on any atom is -0.488 e. The summed E-state index contributed by atoms with van der Waals surface area (Å²) < 4.78 is 9.24. The van der Waals surface area contributed by atoms with Crippen LogP contribution in [-0.4, -0.2) is 22.2 Å². The van der Waals surface area contributed by atoms with Crippen molar-refractivity contribution in [2.24, 2.45) is 0 Å². The van der Waals surface area contributed by atoms with Crippen LogP contribution in [0.2, 0.25) is 0 Å². The van der Waals surface area contributed by atoms with Crippen LogP contribution in [0.1, 0.15) is 35.0 Å². The first-order valence-electron chi connectivity index (χ1n) is 11.2. The number of hydrogen-bond donors (Lipinski definition) is 2. The molecule has 6 heteroatoms. The second-order valence-corrected chi connectivity index (χ2v) is 9.03. The highest BCUT2D eigenvalue weighted by atomic mass is 79.9. The van der Waals surface area contributed by atoms with Crippen molar-refractivity contribution < 1.29 is 14.6 Å². The molecule has 4 aromatic rings. The molecule has 0 aliphatic carbocycles. The molecule has 0 saturated heterocycles. The summed E-state index contributed by atoms with van der Waals surface area (Å²) in [5, 5.41) is 13.0. The summed E-state index contributed by atoms with van der Waals surface area (Å²) in [5.41, 5.74) is 5.73. The van der Waals surface area contributed by atoms with Gasteiger partial charge in [0.05, 0.1) is 11.3 Å². The van der Waals surface area contributed by atoms with Gasteiger partial charge >= 0.3 is 5.97 Å². The average molecular weight is 519 g/mol. The van der Waals surface area contributed by atoms with E-state index in [2.05, 4.69) is 32.7 Å². The Hall–Kier alpha value is -3.51. The van der Waals surface area contributed by atoms with Crippen molar-refractivity contribution in [3.05, 3.63) is 100 Å². The van der Waals surface area contributed by atoms with Crippen molar-refractivity contribution in [3.63, 3.8) is 0 Å². The molecule has 0 spiro atoms. The van der Waals surface area contributed by atoms with Gasteiger partial charge in [0.1, 0.15) is 12.4 Å². The number of benzene rings is 3. The molecule has 0 amide bonds. The second-order valence-electron chi connectivity index (χ2n) is 8.11. The normalized spacial score (nSPS) is 10.8. The fourth-order valence-corrected chi connectivity index (χ4v) is 4.25. The Morgan fingerprint density at radius 3 is 2.56 bits per heavy atom. The Morgan fingerprint density at radius 2 is 1.82 bits per heavy atom. The zero-order valence-electron chi connectivity index (χ0n) is 19.2. The molecule has 0 bridgehead atoms. The number of carbonyl (C=O) groups is 1. The van der Waals surface area contributed by atoms with E-state index in [1.165, 1.54) is 0 Å². The van der Waals surface area contributed by atoms with Crippen molar-refractivity contribution in [1.82, 2.24) is 4.57 Å². The summed E-state index contributed by atoms with van der Waals surface area (Å²) in [6.07, 6.45) is 0.945. The highest BCUT2D eigenvalue weighted by Crippen LogP contribution is 2.36. The molecule has 174 valence electrons. The number of anilines is 1. The van der Waals surface area contributed by atoms with Crippen molar-refractivity contribution in [2.45, 2.75) is 26.9 Å². The lowest BCUT2D eigenvalue weighted by Gasteiger charge is -2.18. The van der Waals surface area contributed by atoms with Gasteiger partial charge in [-0.2, -0.15) is 0 Å². The number of hydrogen-bond acceptors (Lipinski definition) is 3. The Labute approximate surface area is 208 Å². The monoisotopic (exact) mass is 518 g/mol. The van der Waals surface area contributed by atoms with Gasteiger partial charge in [-0.1, -0.05) is 53.2 Å². The lowest BCUT2D eigenvalue weighted by molar-refractivity contribution is 0.0697. The Morgan fingerprint density at radius 1 is 1.03 bits per heavy atom. The number of halogens is 1. The third-order valence-corrected chi connectivity index (χ3v) is 6.03. The predicted octanol–water partition coefficient (Wildman–Crippen LogP) is 7.31. The molecule has 0 aliphatic heterocycles.